The molecule has 0 atom stereocenters. The van der Waals surface area contributed by atoms with Gasteiger partial charge in [-0.15, -0.1) is 0 Å². The normalized spacial score (nSPS) is 19.1. The fourth-order valence-electron chi connectivity index (χ4n) is 2.22. The van der Waals surface area contributed by atoms with E-state index >= 15 is 0 Å². The number of guanidine groups is 1. The third-order valence-corrected chi connectivity index (χ3v) is 3.52. The molecule has 0 spiro atoms. The Labute approximate surface area is 117 Å². The van der Waals surface area contributed by atoms with Crippen molar-refractivity contribution >= 4 is 5.96 Å². The Kier molecular flexibility index (Phi) is 7.82. The van der Waals surface area contributed by atoms with Crippen LogP contribution in [0, 0.1) is 11.8 Å². The van der Waals surface area contributed by atoms with E-state index in [1.54, 1.807) is 7.11 Å². The molecule has 1 aliphatic heterocycles. The lowest BCUT2D eigenvalue weighted by molar-refractivity contribution is 0.121. The first-order valence-electron chi connectivity index (χ1n) is 7.37. The topological polar surface area (TPSA) is 62.9 Å². The van der Waals surface area contributed by atoms with Crippen molar-refractivity contribution in [2.24, 2.45) is 22.6 Å². The van der Waals surface area contributed by atoms with Gasteiger partial charge in [-0.1, -0.05) is 13.8 Å². The van der Waals surface area contributed by atoms with E-state index < -0.39 is 0 Å². The van der Waals surface area contributed by atoms with Crippen LogP contribution in [-0.2, 0) is 4.74 Å². The van der Waals surface area contributed by atoms with Gasteiger partial charge in [0.2, 0.25) is 0 Å². The number of hydrogen-bond donors (Lipinski definition) is 2. The van der Waals surface area contributed by atoms with Crippen LogP contribution in [-0.4, -0.2) is 57.3 Å². The lowest BCUT2D eigenvalue weighted by atomic mass is 9.97. The fraction of sp³-hybridized carbons (Fsp3) is 0.929. The number of nitrogens with one attached hydrogen (secondary N) is 1. The summed E-state index contributed by atoms with van der Waals surface area (Å²) < 4.78 is 5.11. The molecule has 3 N–H and O–H groups in total. The molecule has 0 radical (unpaired) electrons. The largest absolute Gasteiger partial charge is 0.383 e. The lowest BCUT2D eigenvalue weighted by Gasteiger charge is -2.31. The smallest absolute Gasteiger partial charge is 0.188 e. The Morgan fingerprint density at radius 2 is 2.11 bits per heavy atom. The maximum atomic E-state index is 5.84. The molecule has 0 unspecified atom stereocenters. The molecular formula is C14H30N4O. The van der Waals surface area contributed by atoms with Crippen LogP contribution in [0.5, 0.6) is 0 Å². The summed E-state index contributed by atoms with van der Waals surface area (Å²) in [6.45, 7) is 10.3. The Hall–Kier alpha value is -0.810. The minimum atomic E-state index is 0.560. The van der Waals surface area contributed by atoms with Crippen LogP contribution in [0.25, 0.3) is 0 Å². The molecule has 5 heteroatoms. The Morgan fingerprint density at radius 3 is 2.68 bits per heavy atom. The summed E-state index contributed by atoms with van der Waals surface area (Å²) in [6.07, 6.45) is 2.46. The van der Waals surface area contributed by atoms with E-state index in [0.717, 1.165) is 26.2 Å². The van der Waals surface area contributed by atoms with Crippen molar-refractivity contribution in [2.45, 2.75) is 26.7 Å². The number of rotatable bonds is 7. The molecule has 0 amide bonds. The van der Waals surface area contributed by atoms with E-state index in [9.17, 15) is 0 Å². The highest BCUT2D eigenvalue weighted by molar-refractivity contribution is 5.77. The minimum absolute atomic E-state index is 0.560. The first-order valence-corrected chi connectivity index (χ1v) is 7.37. The molecule has 1 saturated heterocycles. The molecule has 0 aromatic carbocycles. The predicted molar refractivity (Wildman–Crippen MR) is 80.4 cm³/mol. The van der Waals surface area contributed by atoms with Gasteiger partial charge < -0.3 is 20.7 Å². The molecule has 0 aromatic rings. The molecule has 1 heterocycles. The number of nitrogens with zero attached hydrogens (tertiary/aromatic N) is 2. The molecule has 1 aliphatic rings. The second kappa shape index (κ2) is 9.15. The van der Waals surface area contributed by atoms with Crippen molar-refractivity contribution in [3.05, 3.63) is 0 Å². The summed E-state index contributed by atoms with van der Waals surface area (Å²) in [5.74, 6) is 1.87. The van der Waals surface area contributed by atoms with Gasteiger partial charge in [-0.05, 0) is 37.8 Å². The fourth-order valence-corrected chi connectivity index (χ4v) is 2.22. The third kappa shape index (κ3) is 7.38. The van der Waals surface area contributed by atoms with Gasteiger partial charge in [-0.25, -0.2) is 0 Å². The van der Waals surface area contributed by atoms with E-state index in [-0.39, 0.29) is 0 Å². The molecule has 0 aliphatic carbocycles. The van der Waals surface area contributed by atoms with Crippen molar-refractivity contribution in [3.8, 4) is 0 Å². The van der Waals surface area contributed by atoms with Crippen LogP contribution in [0.2, 0.25) is 0 Å². The van der Waals surface area contributed by atoms with Gasteiger partial charge >= 0.3 is 0 Å². The number of piperidine rings is 1. The number of methoxy groups -OCH3 is 1. The average Bonchev–Trinajstić information content (AvgIpc) is 2.41. The minimum Gasteiger partial charge on any atom is -0.383 e. The SMILES string of the molecule is COCCN1CCC(CNC(N)=NCC(C)C)CC1. The van der Waals surface area contributed by atoms with Gasteiger partial charge in [0.25, 0.3) is 0 Å². The standard InChI is InChI=1S/C14H30N4O/c1-12(2)10-16-14(15)17-11-13-4-6-18(7-5-13)8-9-19-3/h12-13H,4-11H2,1-3H3,(H3,15,16,17). The van der Waals surface area contributed by atoms with Crippen molar-refractivity contribution in [3.63, 3.8) is 0 Å². The second-order valence-electron chi connectivity index (χ2n) is 5.78. The van der Waals surface area contributed by atoms with Gasteiger partial charge in [0.1, 0.15) is 0 Å². The number of nitrogens with two attached hydrogens (primary N) is 1. The van der Waals surface area contributed by atoms with Crippen LogP contribution in [0.4, 0.5) is 0 Å². The van der Waals surface area contributed by atoms with Gasteiger partial charge in [0, 0.05) is 26.7 Å². The number of likely N-dealkylation sites (tertiary alicyclic amines) is 1. The van der Waals surface area contributed by atoms with Crippen LogP contribution in [0.15, 0.2) is 4.99 Å². The highest BCUT2D eigenvalue weighted by atomic mass is 16.5. The summed E-state index contributed by atoms with van der Waals surface area (Å²) in [4.78, 5) is 6.79. The van der Waals surface area contributed by atoms with E-state index in [4.69, 9.17) is 10.5 Å². The van der Waals surface area contributed by atoms with Crippen molar-refractivity contribution in [1.29, 1.82) is 0 Å². The van der Waals surface area contributed by atoms with E-state index in [2.05, 4.69) is 29.1 Å². The molecule has 5 nitrogen and oxygen atoms in total. The zero-order chi connectivity index (χ0) is 14.1. The Bertz CT molecular complexity index is 260. The summed E-state index contributed by atoms with van der Waals surface area (Å²) >= 11 is 0. The quantitative estimate of drug-likeness (QED) is 0.533. The van der Waals surface area contributed by atoms with Gasteiger partial charge in [0.05, 0.1) is 6.61 Å². The van der Waals surface area contributed by atoms with E-state index in [0.29, 0.717) is 17.8 Å². The van der Waals surface area contributed by atoms with Crippen LogP contribution in [0.1, 0.15) is 26.7 Å². The van der Waals surface area contributed by atoms with Crippen LogP contribution < -0.4 is 11.1 Å². The molecule has 0 aromatic heterocycles. The number of ether oxygens (including phenoxy) is 1. The van der Waals surface area contributed by atoms with Gasteiger partial charge in [-0.3, -0.25) is 4.99 Å². The van der Waals surface area contributed by atoms with Crippen molar-refractivity contribution in [2.75, 3.05) is 46.4 Å². The zero-order valence-electron chi connectivity index (χ0n) is 12.7. The summed E-state index contributed by atoms with van der Waals surface area (Å²) in [5.41, 5.74) is 5.84. The molecule has 1 fully saturated rings. The average molecular weight is 270 g/mol. The summed E-state index contributed by atoms with van der Waals surface area (Å²) in [7, 11) is 1.76. The molecule has 19 heavy (non-hydrogen) atoms. The van der Waals surface area contributed by atoms with Crippen molar-refractivity contribution < 1.29 is 4.74 Å². The number of aliphatic imine (C=N–C) groups is 1. The third-order valence-electron chi connectivity index (χ3n) is 3.52. The van der Waals surface area contributed by atoms with Gasteiger partial charge in [-0.2, -0.15) is 0 Å². The molecule has 1 rings (SSSR count). The maximum absolute atomic E-state index is 5.84. The lowest BCUT2D eigenvalue weighted by Crippen LogP contribution is -2.41. The van der Waals surface area contributed by atoms with Crippen LogP contribution >= 0.6 is 0 Å². The van der Waals surface area contributed by atoms with E-state index in [1.165, 1.54) is 25.9 Å². The highest BCUT2D eigenvalue weighted by Crippen LogP contribution is 2.15. The highest BCUT2D eigenvalue weighted by Gasteiger charge is 2.18. The van der Waals surface area contributed by atoms with Crippen LogP contribution in [0.3, 0.4) is 0 Å². The maximum Gasteiger partial charge on any atom is 0.188 e. The summed E-state index contributed by atoms with van der Waals surface area (Å²) in [5, 5.41) is 3.25. The van der Waals surface area contributed by atoms with Gasteiger partial charge in [0.15, 0.2) is 5.96 Å². The summed E-state index contributed by atoms with van der Waals surface area (Å²) in [6, 6.07) is 0. The second-order valence-corrected chi connectivity index (χ2v) is 5.78. The van der Waals surface area contributed by atoms with E-state index in [1.807, 2.05) is 0 Å². The Morgan fingerprint density at radius 1 is 1.42 bits per heavy atom. The first-order chi connectivity index (χ1) is 9.11. The first kappa shape index (κ1) is 16.2. The molecule has 112 valence electrons. The zero-order valence-corrected chi connectivity index (χ0v) is 12.7. The molecule has 0 bridgehead atoms. The molecular weight excluding hydrogens is 240 g/mol. The predicted octanol–water partition coefficient (Wildman–Crippen LogP) is 0.905. The Balaban J connectivity index is 2.13. The number of hydrogen-bond acceptors (Lipinski definition) is 3. The monoisotopic (exact) mass is 270 g/mol. The molecule has 0 saturated carbocycles. The van der Waals surface area contributed by atoms with Crippen molar-refractivity contribution in [1.82, 2.24) is 10.2 Å².